The highest BCUT2D eigenvalue weighted by molar-refractivity contribution is 6.03. The SMILES string of the molecule is Cc1ccc(C)c(NC(=O)CC(=O)NC[C@@H](c2ccncc2)N2CCOCC2)c1. The summed E-state index contributed by atoms with van der Waals surface area (Å²) in [7, 11) is 0. The minimum atomic E-state index is -0.317. The maximum Gasteiger partial charge on any atom is 0.233 e. The Bertz CT molecular complexity index is 835. The number of hydrogen-bond donors (Lipinski definition) is 2. The molecule has 2 aromatic rings. The molecule has 0 radical (unpaired) electrons. The molecule has 1 aliphatic heterocycles. The number of amides is 2. The normalized spacial score (nSPS) is 15.5. The van der Waals surface area contributed by atoms with Gasteiger partial charge >= 0.3 is 0 Å². The van der Waals surface area contributed by atoms with E-state index in [-0.39, 0.29) is 24.3 Å². The number of carbonyl (C=O) groups excluding carboxylic acids is 2. The fraction of sp³-hybridized carbons (Fsp3) is 0.409. The molecule has 2 amide bonds. The van der Waals surface area contributed by atoms with E-state index in [1.165, 1.54) is 0 Å². The number of anilines is 1. The number of hydrogen-bond acceptors (Lipinski definition) is 5. The second-order valence-corrected chi connectivity index (χ2v) is 7.29. The third-order valence-electron chi connectivity index (χ3n) is 5.06. The lowest BCUT2D eigenvalue weighted by Crippen LogP contribution is -2.44. The number of aryl methyl sites for hydroxylation is 2. The number of morpholine rings is 1. The van der Waals surface area contributed by atoms with Crippen molar-refractivity contribution >= 4 is 17.5 Å². The summed E-state index contributed by atoms with van der Waals surface area (Å²) in [6.07, 6.45) is 3.30. The molecule has 1 fully saturated rings. The number of ether oxygens (including phenoxy) is 1. The minimum absolute atomic E-state index is 0.0212. The molecule has 1 atom stereocenters. The number of benzene rings is 1. The van der Waals surface area contributed by atoms with Crippen molar-refractivity contribution in [3.8, 4) is 0 Å². The molecule has 29 heavy (non-hydrogen) atoms. The Morgan fingerprint density at radius 1 is 1.10 bits per heavy atom. The van der Waals surface area contributed by atoms with Crippen molar-refractivity contribution in [1.82, 2.24) is 15.2 Å². The fourth-order valence-electron chi connectivity index (χ4n) is 3.42. The van der Waals surface area contributed by atoms with Crippen molar-refractivity contribution in [2.75, 3.05) is 38.2 Å². The third-order valence-corrected chi connectivity index (χ3v) is 5.06. The monoisotopic (exact) mass is 396 g/mol. The summed E-state index contributed by atoms with van der Waals surface area (Å²) in [5, 5.41) is 5.75. The van der Waals surface area contributed by atoms with Crippen LogP contribution >= 0.6 is 0 Å². The quantitative estimate of drug-likeness (QED) is 0.701. The highest BCUT2D eigenvalue weighted by Crippen LogP contribution is 2.21. The molecule has 3 rings (SSSR count). The van der Waals surface area contributed by atoms with Gasteiger partial charge in [0.1, 0.15) is 6.42 Å². The summed E-state index contributed by atoms with van der Waals surface area (Å²) in [5.74, 6) is -0.608. The Hall–Kier alpha value is -2.77. The maximum atomic E-state index is 12.4. The van der Waals surface area contributed by atoms with Crippen molar-refractivity contribution < 1.29 is 14.3 Å². The van der Waals surface area contributed by atoms with Gasteiger partial charge in [0.2, 0.25) is 11.8 Å². The molecule has 0 unspecified atom stereocenters. The molecule has 1 aromatic carbocycles. The van der Waals surface area contributed by atoms with E-state index < -0.39 is 0 Å². The van der Waals surface area contributed by atoms with Crippen LogP contribution in [0.25, 0.3) is 0 Å². The zero-order valence-electron chi connectivity index (χ0n) is 17.0. The van der Waals surface area contributed by atoms with Gasteiger partial charge in [0, 0.05) is 37.7 Å². The molecule has 0 aliphatic carbocycles. The van der Waals surface area contributed by atoms with Gasteiger partial charge in [-0.05, 0) is 48.7 Å². The van der Waals surface area contributed by atoms with Gasteiger partial charge in [-0.2, -0.15) is 0 Å². The molecule has 1 aliphatic rings. The Morgan fingerprint density at radius 2 is 1.83 bits per heavy atom. The first-order valence-corrected chi connectivity index (χ1v) is 9.88. The summed E-state index contributed by atoms with van der Waals surface area (Å²) in [6.45, 7) is 7.27. The smallest absolute Gasteiger partial charge is 0.233 e. The van der Waals surface area contributed by atoms with Crippen LogP contribution < -0.4 is 10.6 Å². The van der Waals surface area contributed by atoms with Crippen LogP contribution in [0.3, 0.4) is 0 Å². The van der Waals surface area contributed by atoms with Crippen LogP contribution in [0.1, 0.15) is 29.2 Å². The van der Waals surface area contributed by atoms with E-state index in [1.54, 1.807) is 12.4 Å². The zero-order valence-corrected chi connectivity index (χ0v) is 17.0. The van der Waals surface area contributed by atoms with Crippen LogP contribution in [-0.2, 0) is 14.3 Å². The molecular formula is C22H28N4O3. The predicted molar refractivity (Wildman–Crippen MR) is 112 cm³/mol. The second-order valence-electron chi connectivity index (χ2n) is 7.29. The molecule has 1 aromatic heterocycles. The number of carbonyl (C=O) groups is 2. The first-order valence-electron chi connectivity index (χ1n) is 9.88. The van der Waals surface area contributed by atoms with Crippen molar-refractivity contribution in [1.29, 1.82) is 0 Å². The maximum absolute atomic E-state index is 12.4. The molecule has 7 nitrogen and oxygen atoms in total. The third kappa shape index (κ3) is 6.10. The number of rotatable bonds is 7. The van der Waals surface area contributed by atoms with Gasteiger partial charge in [-0.1, -0.05) is 12.1 Å². The number of aromatic nitrogens is 1. The number of pyridine rings is 1. The van der Waals surface area contributed by atoms with Crippen LogP contribution in [0, 0.1) is 13.8 Å². The first-order chi connectivity index (χ1) is 14.0. The Labute approximate surface area is 171 Å². The molecule has 2 heterocycles. The van der Waals surface area contributed by atoms with Crippen molar-refractivity contribution in [2.24, 2.45) is 0 Å². The van der Waals surface area contributed by atoms with Gasteiger partial charge in [0.15, 0.2) is 0 Å². The van der Waals surface area contributed by atoms with Gasteiger partial charge in [-0.15, -0.1) is 0 Å². The lowest BCUT2D eigenvalue weighted by Gasteiger charge is -2.34. The van der Waals surface area contributed by atoms with Crippen molar-refractivity contribution in [3.05, 3.63) is 59.4 Å². The lowest BCUT2D eigenvalue weighted by molar-refractivity contribution is -0.127. The fourth-order valence-corrected chi connectivity index (χ4v) is 3.42. The second kappa shape index (κ2) is 10.1. The average Bonchev–Trinajstić information content (AvgIpc) is 2.72. The average molecular weight is 396 g/mol. The summed E-state index contributed by atoms with van der Waals surface area (Å²) < 4.78 is 5.44. The van der Waals surface area contributed by atoms with E-state index in [1.807, 2.05) is 44.2 Å². The van der Waals surface area contributed by atoms with Crippen molar-refractivity contribution in [2.45, 2.75) is 26.3 Å². The Morgan fingerprint density at radius 3 is 2.55 bits per heavy atom. The van der Waals surface area contributed by atoms with Crippen molar-refractivity contribution in [3.63, 3.8) is 0 Å². The molecule has 2 N–H and O–H groups in total. The highest BCUT2D eigenvalue weighted by Gasteiger charge is 2.23. The summed E-state index contributed by atoms with van der Waals surface area (Å²) in [4.78, 5) is 31.0. The standard InChI is InChI=1S/C22H28N4O3/c1-16-3-4-17(2)19(13-16)25-22(28)14-21(27)24-15-20(18-5-7-23-8-6-18)26-9-11-29-12-10-26/h3-8,13,20H,9-12,14-15H2,1-2H3,(H,24,27)(H,25,28)/t20-/m0/s1. The topological polar surface area (TPSA) is 83.6 Å². The van der Waals surface area contributed by atoms with Crippen LogP contribution in [0.5, 0.6) is 0 Å². The van der Waals surface area contributed by atoms with E-state index in [0.717, 1.165) is 35.5 Å². The van der Waals surface area contributed by atoms with E-state index in [0.29, 0.717) is 19.8 Å². The Kier molecular flexibility index (Phi) is 7.32. The Balaban J connectivity index is 1.56. The minimum Gasteiger partial charge on any atom is -0.379 e. The molecule has 1 saturated heterocycles. The molecule has 0 spiro atoms. The molecule has 154 valence electrons. The summed E-state index contributed by atoms with van der Waals surface area (Å²) >= 11 is 0. The van der Waals surface area contributed by atoms with Gasteiger partial charge in [0.05, 0.1) is 19.3 Å². The van der Waals surface area contributed by atoms with Crippen LogP contribution in [-0.4, -0.2) is 54.5 Å². The van der Waals surface area contributed by atoms with Crippen LogP contribution in [0.15, 0.2) is 42.7 Å². The van der Waals surface area contributed by atoms with E-state index in [9.17, 15) is 9.59 Å². The zero-order chi connectivity index (χ0) is 20.6. The first kappa shape index (κ1) is 21.0. The van der Waals surface area contributed by atoms with E-state index in [2.05, 4.69) is 20.5 Å². The predicted octanol–water partition coefficient (Wildman–Crippen LogP) is 2.22. The molecule has 7 heteroatoms. The van der Waals surface area contributed by atoms with E-state index in [4.69, 9.17) is 4.74 Å². The highest BCUT2D eigenvalue weighted by atomic mass is 16.5. The van der Waals surface area contributed by atoms with Gasteiger partial charge in [-0.25, -0.2) is 0 Å². The molecule has 0 saturated carbocycles. The lowest BCUT2D eigenvalue weighted by atomic mass is 10.1. The number of nitrogens with zero attached hydrogens (tertiary/aromatic N) is 2. The van der Waals surface area contributed by atoms with Gasteiger partial charge in [-0.3, -0.25) is 19.5 Å². The van der Waals surface area contributed by atoms with Crippen LogP contribution in [0.4, 0.5) is 5.69 Å². The summed E-state index contributed by atoms with van der Waals surface area (Å²) in [5.41, 5.74) is 3.85. The number of nitrogens with one attached hydrogen (secondary N) is 2. The summed E-state index contributed by atoms with van der Waals surface area (Å²) in [6, 6.07) is 9.78. The van der Waals surface area contributed by atoms with Crippen LogP contribution in [0.2, 0.25) is 0 Å². The van der Waals surface area contributed by atoms with E-state index >= 15 is 0 Å². The van der Waals surface area contributed by atoms with Gasteiger partial charge < -0.3 is 15.4 Å². The molecule has 0 bridgehead atoms. The largest absolute Gasteiger partial charge is 0.379 e. The molecular weight excluding hydrogens is 368 g/mol. The van der Waals surface area contributed by atoms with Gasteiger partial charge in [0.25, 0.3) is 0 Å².